The Morgan fingerprint density at radius 2 is 1.61 bits per heavy atom. The number of hydrogen-bond donors (Lipinski definition) is 0. The minimum absolute atomic E-state index is 0.0113. The van der Waals surface area contributed by atoms with Gasteiger partial charge in [-0.2, -0.15) is 4.98 Å². The molecule has 5 nitrogen and oxygen atoms in total. The van der Waals surface area contributed by atoms with Gasteiger partial charge in [-0.05, 0) is 67.8 Å². The summed E-state index contributed by atoms with van der Waals surface area (Å²) >= 11 is 3.38. The van der Waals surface area contributed by atoms with E-state index in [0.717, 1.165) is 35.9 Å². The maximum absolute atomic E-state index is 13.3. The van der Waals surface area contributed by atoms with Crippen LogP contribution in [0.4, 0.5) is 10.3 Å². The van der Waals surface area contributed by atoms with E-state index in [4.69, 9.17) is 4.42 Å². The van der Waals surface area contributed by atoms with Crippen molar-refractivity contribution in [3.63, 3.8) is 0 Å². The third-order valence-electron chi connectivity index (χ3n) is 4.69. The van der Waals surface area contributed by atoms with Crippen molar-refractivity contribution in [2.45, 2.75) is 29.2 Å². The summed E-state index contributed by atoms with van der Waals surface area (Å²) in [5.74, 6) is 0.00149. The molecular formula is C20H18BrFN2O3S. The number of aromatic nitrogens is 1. The molecule has 1 saturated heterocycles. The first-order valence-electron chi connectivity index (χ1n) is 8.97. The lowest BCUT2D eigenvalue weighted by atomic mass is 10.1. The third-order valence-corrected chi connectivity index (χ3v) is 6.89. The maximum atomic E-state index is 13.3. The van der Waals surface area contributed by atoms with Crippen LogP contribution in [0.5, 0.6) is 0 Å². The molecule has 0 amide bonds. The number of anilines is 1. The van der Waals surface area contributed by atoms with E-state index < -0.39 is 15.7 Å². The lowest BCUT2D eigenvalue weighted by Crippen LogP contribution is -2.30. The summed E-state index contributed by atoms with van der Waals surface area (Å²) in [6, 6.07) is 12.1. The molecule has 0 N–H and O–H groups in total. The fraction of sp³-hybridized carbons (Fsp3) is 0.250. The molecule has 1 fully saturated rings. The fourth-order valence-corrected chi connectivity index (χ4v) is 4.80. The summed E-state index contributed by atoms with van der Waals surface area (Å²) in [5, 5.41) is -0.126. The monoisotopic (exact) mass is 464 g/mol. The summed E-state index contributed by atoms with van der Waals surface area (Å²) < 4.78 is 46.6. The molecule has 1 aliphatic rings. The normalized spacial score (nSPS) is 15.0. The first kappa shape index (κ1) is 19.1. The van der Waals surface area contributed by atoms with Gasteiger partial charge < -0.3 is 9.32 Å². The number of hydrogen-bond acceptors (Lipinski definition) is 5. The first-order chi connectivity index (χ1) is 13.4. The highest BCUT2D eigenvalue weighted by Gasteiger charge is 2.32. The van der Waals surface area contributed by atoms with Gasteiger partial charge in [0.1, 0.15) is 5.82 Å². The van der Waals surface area contributed by atoms with E-state index in [1.165, 1.54) is 12.1 Å². The largest absolute Gasteiger partial charge is 0.419 e. The van der Waals surface area contributed by atoms with Crippen LogP contribution in [0.3, 0.4) is 0 Å². The van der Waals surface area contributed by atoms with Crippen molar-refractivity contribution in [1.29, 1.82) is 0 Å². The van der Waals surface area contributed by atoms with E-state index >= 15 is 0 Å². The molecule has 28 heavy (non-hydrogen) atoms. The van der Waals surface area contributed by atoms with Crippen LogP contribution in [0.2, 0.25) is 0 Å². The standard InChI is InChI=1S/C20H18BrFN2O3S/c21-15-6-4-14(5-7-15)18-23-19(20(27-18)24-12-2-1-3-13-24)28(25,26)17-10-8-16(22)9-11-17/h4-11H,1-3,12-13H2. The zero-order valence-electron chi connectivity index (χ0n) is 14.9. The Morgan fingerprint density at radius 1 is 0.964 bits per heavy atom. The molecule has 1 aromatic heterocycles. The molecule has 3 aromatic rings. The van der Waals surface area contributed by atoms with Gasteiger partial charge in [-0.25, -0.2) is 12.8 Å². The molecule has 0 bridgehead atoms. The highest BCUT2D eigenvalue weighted by atomic mass is 79.9. The maximum Gasteiger partial charge on any atom is 0.236 e. The van der Waals surface area contributed by atoms with Crippen molar-refractivity contribution in [3.8, 4) is 11.5 Å². The van der Waals surface area contributed by atoms with Crippen molar-refractivity contribution >= 4 is 31.7 Å². The van der Waals surface area contributed by atoms with Crippen LogP contribution in [-0.4, -0.2) is 26.5 Å². The van der Waals surface area contributed by atoms with Gasteiger partial charge in [-0.15, -0.1) is 0 Å². The smallest absolute Gasteiger partial charge is 0.236 e. The second-order valence-corrected chi connectivity index (χ2v) is 9.42. The van der Waals surface area contributed by atoms with Crippen LogP contribution < -0.4 is 4.90 Å². The molecule has 0 radical (unpaired) electrons. The summed E-state index contributed by atoms with van der Waals surface area (Å²) in [4.78, 5) is 6.27. The first-order valence-corrected chi connectivity index (χ1v) is 11.2. The average molecular weight is 465 g/mol. The van der Waals surface area contributed by atoms with E-state index in [1.54, 1.807) is 0 Å². The molecule has 0 aliphatic carbocycles. The molecule has 2 heterocycles. The van der Waals surface area contributed by atoms with Crippen LogP contribution in [-0.2, 0) is 9.84 Å². The molecule has 2 aromatic carbocycles. The molecule has 146 valence electrons. The minimum atomic E-state index is -3.95. The molecule has 0 saturated carbocycles. The van der Waals surface area contributed by atoms with Crippen LogP contribution in [0, 0.1) is 5.82 Å². The van der Waals surface area contributed by atoms with Gasteiger partial charge in [0.2, 0.25) is 26.6 Å². The van der Waals surface area contributed by atoms with Crippen molar-refractivity contribution in [3.05, 3.63) is 58.8 Å². The van der Waals surface area contributed by atoms with Crippen LogP contribution >= 0.6 is 15.9 Å². The molecular weight excluding hydrogens is 447 g/mol. The molecule has 0 unspecified atom stereocenters. The van der Waals surface area contributed by atoms with Crippen LogP contribution in [0.25, 0.3) is 11.5 Å². The Hall–Kier alpha value is -2.19. The highest BCUT2D eigenvalue weighted by Crippen LogP contribution is 2.36. The zero-order chi connectivity index (χ0) is 19.7. The number of nitrogens with zero attached hydrogens (tertiary/aromatic N) is 2. The van der Waals surface area contributed by atoms with Crippen LogP contribution in [0.1, 0.15) is 19.3 Å². The van der Waals surface area contributed by atoms with Crippen LogP contribution in [0.15, 0.2) is 67.3 Å². The molecule has 1 aliphatic heterocycles. The summed E-state index contributed by atoms with van der Waals surface area (Å²) in [6.45, 7) is 1.42. The Balaban J connectivity index is 1.84. The number of halogens is 2. The van der Waals surface area contributed by atoms with E-state index in [-0.39, 0.29) is 21.7 Å². The van der Waals surface area contributed by atoms with Gasteiger partial charge in [0.05, 0.1) is 4.90 Å². The number of rotatable bonds is 4. The van der Waals surface area contributed by atoms with Gasteiger partial charge >= 0.3 is 0 Å². The van der Waals surface area contributed by atoms with Crippen molar-refractivity contribution in [2.75, 3.05) is 18.0 Å². The Labute approximate surface area is 171 Å². The summed E-state index contributed by atoms with van der Waals surface area (Å²) in [7, 11) is -3.95. The van der Waals surface area contributed by atoms with Crippen molar-refractivity contribution in [1.82, 2.24) is 4.98 Å². The topological polar surface area (TPSA) is 63.4 Å². The number of oxazole rings is 1. The molecule has 4 rings (SSSR count). The lowest BCUT2D eigenvalue weighted by molar-refractivity contribution is 0.499. The second kappa shape index (κ2) is 7.67. The predicted octanol–water partition coefficient (Wildman–Crippen LogP) is 5.07. The lowest BCUT2D eigenvalue weighted by Gasteiger charge is -2.26. The van der Waals surface area contributed by atoms with Crippen molar-refractivity contribution in [2.24, 2.45) is 0 Å². The average Bonchev–Trinajstić information content (AvgIpc) is 3.16. The van der Waals surface area contributed by atoms with Gasteiger partial charge in [-0.3, -0.25) is 0 Å². The highest BCUT2D eigenvalue weighted by molar-refractivity contribution is 9.10. The van der Waals surface area contributed by atoms with Gasteiger partial charge in [0, 0.05) is 23.1 Å². The van der Waals surface area contributed by atoms with Gasteiger partial charge in [0.15, 0.2) is 0 Å². The number of benzene rings is 2. The SMILES string of the molecule is O=S(=O)(c1ccc(F)cc1)c1nc(-c2ccc(Br)cc2)oc1N1CCCCC1. The quantitative estimate of drug-likeness (QED) is 0.504. The van der Waals surface area contributed by atoms with E-state index in [9.17, 15) is 12.8 Å². The molecule has 0 spiro atoms. The third kappa shape index (κ3) is 3.71. The predicted molar refractivity (Wildman–Crippen MR) is 108 cm³/mol. The van der Waals surface area contributed by atoms with Crippen molar-refractivity contribution < 1.29 is 17.2 Å². The van der Waals surface area contributed by atoms with Gasteiger partial charge in [-0.1, -0.05) is 15.9 Å². The van der Waals surface area contributed by atoms with E-state index in [0.29, 0.717) is 18.7 Å². The zero-order valence-corrected chi connectivity index (χ0v) is 17.3. The number of sulfone groups is 1. The summed E-state index contributed by atoms with van der Waals surface area (Å²) in [6.07, 6.45) is 3.03. The van der Waals surface area contributed by atoms with Gasteiger partial charge in [0.25, 0.3) is 0 Å². The minimum Gasteiger partial charge on any atom is -0.419 e. The molecule has 0 atom stereocenters. The van der Waals surface area contributed by atoms with E-state index in [2.05, 4.69) is 20.9 Å². The Kier molecular flexibility index (Phi) is 5.25. The Bertz CT molecular complexity index is 1070. The number of piperidine rings is 1. The Morgan fingerprint density at radius 3 is 2.25 bits per heavy atom. The second-order valence-electron chi connectivity index (χ2n) is 6.64. The summed E-state index contributed by atoms with van der Waals surface area (Å²) in [5.41, 5.74) is 0.682. The van der Waals surface area contributed by atoms with E-state index in [1.807, 2.05) is 29.2 Å². The molecule has 8 heteroatoms. The fourth-order valence-electron chi connectivity index (χ4n) is 3.21.